The van der Waals surface area contributed by atoms with Crippen LogP contribution in [-0.2, 0) is 0 Å². The minimum atomic E-state index is -4.34. The number of halogens is 3. The molecule has 0 unspecified atom stereocenters. The molecular formula is C21H23F3N4. The van der Waals surface area contributed by atoms with E-state index in [9.17, 15) is 18.4 Å². The fraction of sp³-hybridized carbons (Fsp3) is 0.333. The highest BCUT2D eigenvalue weighted by Crippen LogP contribution is 2.29. The molecule has 0 saturated carbocycles. The molecule has 28 heavy (non-hydrogen) atoms. The summed E-state index contributed by atoms with van der Waals surface area (Å²) in [5.41, 5.74) is 11.0. The van der Waals surface area contributed by atoms with E-state index in [1.165, 1.54) is 6.20 Å². The van der Waals surface area contributed by atoms with Gasteiger partial charge in [0.05, 0.1) is 23.2 Å². The summed E-state index contributed by atoms with van der Waals surface area (Å²) in [7, 11) is 0. The van der Waals surface area contributed by atoms with Crippen molar-refractivity contribution < 1.29 is 13.2 Å². The van der Waals surface area contributed by atoms with Gasteiger partial charge in [-0.2, -0.15) is 18.4 Å². The fourth-order valence-electron chi connectivity index (χ4n) is 2.67. The van der Waals surface area contributed by atoms with Gasteiger partial charge in [0.1, 0.15) is 12.1 Å². The molecule has 0 amide bonds. The largest absolute Gasteiger partial charge is 0.405 e. The summed E-state index contributed by atoms with van der Waals surface area (Å²) in [6, 6.07) is 7.88. The Labute approximate surface area is 163 Å². The number of alkyl halides is 3. The van der Waals surface area contributed by atoms with Crippen molar-refractivity contribution in [2.75, 3.05) is 5.43 Å². The zero-order chi connectivity index (χ0) is 21.1. The first-order valence-corrected chi connectivity index (χ1v) is 8.78. The standard InChI is InChI=1S/C21H23F3N4/c1-12-8-14(3)18(9-13(12)2)19(10-25)15(4)20-7-6-17(11-26-20)28-27-16(5)21(22,23)24/h6-9,11,16,27-28H,1-5H3/b19-15+/t16-/m0/s1. The van der Waals surface area contributed by atoms with Crippen LogP contribution >= 0.6 is 0 Å². The Morgan fingerprint density at radius 1 is 1.11 bits per heavy atom. The van der Waals surface area contributed by atoms with E-state index in [1.54, 1.807) is 12.1 Å². The van der Waals surface area contributed by atoms with Crippen LogP contribution in [0, 0.1) is 32.1 Å². The third-order valence-electron chi connectivity index (χ3n) is 4.67. The lowest BCUT2D eigenvalue weighted by Gasteiger charge is -2.18. The zero-order valence-electron chi connectivity index (χ0n) is 16.5. The number of aromatic nitrogens is 1. The Hall–Kier alpha value is -2.85. The average Bonchev–Trinajstić information content (AvgIpc) is 2.63. The van der Waals surface area contributed by atoms with Crippen LogP contribution in [0.5, 0.6) is 0 Å². The number of hydrogen-bond donors (Lipinski definition) is 2. The molecule has 4 nitrogen and oxygen atoms in total. The van der Waals surface area contributed by atoms with Gasteiger partial charge in [-0.05, 0) is 74.6 Å². The van der Waals surface area contributed by atoms with Crippen LogP contribution < -0.4 is 10.9 Å². The first kappa shape index (κ1) is 21.5. The van der Waals surface area contributed by atoms with Gasteiger partial charge >= 0.3 is 6.18 Å². The predicted molar refractivity (Wildman–Crippen MR) is 105 cm³/mol. The van der Waals surface area contributed by atoms with Crippen molar-refractivity contribution in [2.24, 2.45) is 0 Å². The van der Waals surface area contributed by atoms with Gasteiger partial charge in [-0.15, -0.1) is 0 Å². The molecule has 0 fully saturated rings. The van der Waals surface area contributed by atoms with E-state index in [-0.39, 0.29) is 0 Å². The molecule has 1 aromatic heterocycles. The maximum absolute atomic E-state index is 12.5. The van der Waals surface area contributed by atoms with Crippen molar-refractivity contribution in [3.05, 3.63) is 58.4 Å². The van der Waals surface area contributed by atoms with Crippen molar-refractivity contribution in [2.45, 2.75) is 46.8 Å². The second-order valence-corrected chi connectivity index (χ2v) is 6.83. The molecule has 0 radical (unpaired) electrons. The van der Waals surface area contributed by atoms with Crippen LogP contribution in [0.15, 0.2) is 30.5 Å². The van der Waals surface area contributed by atoms with Gasteiger partial charge in [-0.1, -0.05) is 12.1 Å². The molecule has 7 heteroatoms. The summed E-state index contributed by atoms with van der Waals surface area (Å²) in [6.45, 7) is 8.81. The minimum absolute atomic E-state index is 0.397. The number of rotatable bonds is 5. The smallest absolute Gasteiger partial charge is 0.319 e. The predicted octanol–water partition coefficient (Wildman–Crippen LogP) is 5.33. The van der Waals surface area contributed by atoms with Crippen molar-refractivity contribution >= 4 is 16.8 Å². The number of aryl methyl sites for hydroxylation is 3. The number of hydrogen-bond acceptors (Lipinski definition) is 4. The highest BCUT2D eigenvalue weighted by molar-refractivity contribution is 5.96. The molecule has 0 saturated heterocycles. The van der Waals surface area contributed by atoms with Gasteiger partial charge in [0.2, 0.25) is 0 Å². The number of pyridine rings is 1. The van der Waals surface area contributed by atoms with Crippen LogP contribution in [0.4, 0.5) is 18.9 Å². The SMILES string of the molecule is C/C(=C(/C#N)c1cc(C)c(C)cc1C)c1ccc(NN[C@@H](C)C(F)(F)F)cn1. The van der Waals surface area contributed by atoms with Gasteiger partial charge in [-0.25, -0.2) is 5.43 Å². The Balaban J connectivity index is 2.29. The van der Waals surface area contributed by atoms with Crippen LogP contribution in [0.25, 0.3) is 11.1 Å². The van der Waals surface area contributed by atoms with E-state index in [4.69, 9.17) is 0 Å². The first-order valence-electron chi connectivity index (χ1n) is 8.78. The third kappa shape index (κ3) is 4.90. The normalized spacial score (nSPS) is 13.5. The van der Waals surface area contributed by atoms with E-state index in [2.05, 4.69) is 21.9 Å². The summed E-state index contributed by atoms with van der Waals surface area (Å²) in [4.78, 5) is 4.29. The van der Waals surface area contributed by atoms with E-state index < -0.39 is 12.2 Å². The molecule has 1 aromatic carbocycles. The molecule has 2 rings (SSSR count). The topological polar surface area (TPSA) is 60.7 Å². The summed E-state index contributed by atoms with van der Waals surface area (Å²) in [6.07, 6.45) is -2.91. The number of hydrazine groups is 1. The van der Waals surface area contributed by atoms with Crippen LogP contribution in [0.1, 0.15) is 41.8 Å². The Morgan fingerprint density at radius 3 is 2.29 bits per heavy atom. The number of nitrogens with zero attached hydrogens (tertiary/aromatic N) is 2. The number of nitriles is 1. The molecule has 0 spiro atoms. The van der Waals surface area contributed by atoms with E-state index in [0.29, 0.717) is 22.5 Å². The molecule has 0 aliphatic carbocycles. The van der Waals surface area contributed by atoms with Crippen LogP contribution in [0.3, 0.4) is 0 Å². The maximum Gasteiger partial charge on any atom is 0.405 e. The van der Waals surface area contributed by atoms with Gasteiger partial charge in [0.15, 0.2) is 0 Å². The lowest BCUT2D eigenvalue weighted by molar-refractivity contribution is -0.150. The number of benzene rings is 1. The second-order valence-electron chi connectivity index (χ2n) is 6.83. The third-order valence-corrected chi connectivity index (χ3v) is 4.67. The van der Waals surface area contributed by atoms with E-state index in [1.807, 2.05) is 39.8 Å². The highest BCUT2D eigenvalue weighted by Gasteiger charge is 2.35. The van der Waals surface area contributed by atoms with Crippen molar-refractivity contribution in [3.63, 3.8) is 0 Å². The maximum atomic E-state index is 12.5. The summed E-state index contributed by atoms with van der Waals surface area (Å²) < 4.78 is 37.6. The molecule has 0 aliphatic rings. The fourth-order valence-corrected chi connectivity index (χ4v) is 2.67. The highest BCUT2D eigenvalue weighted by atomic mass is 19.4. The molecule has 0 aliphatic heterocycles. The van der Waals surface area contributed by atoms with Crippen molar-refractivity contribution in [3.8, 4) is 6.07 Å². The molecular weight excluding hydrogens is 365 g/mol. The second kappa shape index (κ2) is 8.44. The number of anilines is 1. The lowest BCUT2D eigenvalue weighted by atomic mass is 9.92. The average molecular weight is 388 g/mol. The zero-order valence-corrected chi connectivity index (χ0v) is 16.5. The van der Waals surface area contributed by atoms with Gasteiger partial charge in [0.25, 0.3) is 0 Å². The summed E-state index contributed by atoms with van der Waals surface area (Å²) in [5.74, 6) is 0. The lowest BCUT2D eigenvalue weighted by Crippen LogP contribution is -2.42. The number of nitrogens with one attached hydrogen (secondary N) is 2. The van der Waals surface area contributed by atoms with Crippen molar-refractivity contribution in [1.29, 1.82) is 5.26 Å². The van der Waals surface area contributed by atoms with Crippen molar-refractivity contribution in [1.82, 2.24) is 10.4 Å². The van der Waals surface area contributed by atoms with Crippen LogP contribution in [-0.4, -0.2) is 17.2 Å². The Bertz CT molecular complexity index is 922. The van der Waals surface area contributed by atoms with Gasteiger partial charge < -0.3 is 5.43 Å². The Morgan fingerprint density at radius 2 is 1.75 bits per heavy atom. The molecule has 0 bridgehead atoms. The summed E-state index contributed by atoms with van der Waals surface area (Å²) >= 11 is 0. The number of allylic oxidation sites excluding steroid dienone is 2. The first-order chi connectivity index (χ1) is 13.0. The molecule has 148 valence electrons. The monoisotopic (exact) mass is 388 g/mol. The van der Waals surface area contributed by atoms with Gasteiger partial charge in [-0.3, -0.25) is 4.98 Å². The summed E-state index contributed by atoms with van der Waals surface area (Å²) in [5, 5.41) is 9.71. The van der Waals surface area contributed by atoms with Crippen LogP contribution in [0.2, 0.25) is 0 Å². The van der Waals surface area contributed by atoms with E-state index in [0.717, 1.165) is 29.2 Å². The molecule has 2 N–H and O–H groups in total. The Kier molecular flexibility index (Phi) is 6.47. The molecule has 1 heterocycles. The molecule has 2 aromatic rings. The quantitative estimate of drug-likeness (QED) is 0.537. The minimum Gasteiger partial charge on any atom is -0.319 e. The van der Waals surface area contributed by atoms with E-state index >= 15 is 0 Å². The van der Waals surface area contributed by atoms with Gasteiger partial charge in [0, 0.05) is 0 Å². The molecule has 1 atom stereocenters.